The summed E-state index contributed by atoms with van der Waals surface area (Å²) in [5.41, 5.74) is 3.58. The van der Waals surface area contributed by atoms with Gasteiger partial charge in [-0.15, -0.1) is 11.3 Å². The molecule has 0 bridgehead atoms. The molecule has 0 saturated carbocycles. The van der Waals surface area contributed by atoms with Gasteiger partial charge in [-0.05, 0) is 55.4 Å². The van der Waals surface area contributed by atoms with E-state index in [1.54, 1.807) is 11.3 Å². The molecule has 3 aromatic rings. The van der Waals surface area contributed by atoms with Gasteiger partial charge in [-0.3, -0.25) is 4.90 Å². The molecule has 3 nitrogen and oxygen atoms in total. The average molecular weight is 337 g/mol. The molecule has 0 N–H and O–H groups in total. The van der Waals surface area contributed by atoms with Gasteiger partial charge < -0.3 is 0 Å². The summed E-state index contributed by atoms with van der Waals surface area (Å²) in [4.78, 5) is 3.83. The van der Waals surface area contributed by atoms with E-state index in [9.17, 15) is 0 Å². The number of hydrogen-bond donors (Lipinski definition) is 0. The Balaban J connectivity index is 1.65. The number of para-hydroxylation sites is 1. The van der Waals surface area contributed by atoms with Crippen LogP contribution in [0, 0.1) is 5.92 Å². The molecular weight excluding hydrogens is 314 g/mol. The lowest BCUT2D eigenvalue weighted by molar-refractivity contribution is 0.185. The second kappa shape index (κ2) is 6.91. The number of likely N-dealkylation sites (tertiary alicyclic amines) is 1. The minimum absolute atomic E-state index is 0.866. The van der Waals surface area contributed by atoms with Crippen LogP contribution in [0.2, 0.25) is 0 Å². The summed E-state index contributed by atoms with van der Waals surface area (Å²) in [6.45, 7) is 5.75. The van der Waals surface area contributed by atoms with Crippen molar-refractivity contribution < 1.29 is 0 Å². The van der Waals surface area contributed by atoms with Gasteiger partial charge in [-0.25, -0.2) is 4.68 Å². The fraction of sp³-hybridized carbons (Fsp3) is 0.350. The van der Waals surface area contributed by atoms with Crippen LogP contribution in [0.25, 0.3) is 16.3 Å². The third-order valence-corrected chi connectivity index (χ3v) is 5.71. The molecule has 1 aromatic carbocycles. The summed E-state index contributed by atoms with van der Waals surface area (Å²) in [6.07, 6.45) is 4.82. The molecule has 2 aromatic heterocycles. The second-order valence-electron chi connectivity index (χ2n) is 6.72. The highest BCUT2D eigenvalue weighted by molar-refractivity contribution is 7.13. The maximum Gasteiger partial charge on any atom is 0.107 e. The standard InChI is InChI=1S/C20H23N3S/c1-16-9-11-22(12-10-16)14-17-15-23(18-6-3-2-4-7-18)21-20(17)19-8-5-13-24-19/h2-8,13,15-16H,9-12,14H2,1H3. The first kappa shape index (κ1) is 15.6. The fourth-order valence-electron chi connectivity index (χ4n) is 3.32. The molecule has 0 atom stereocenters. The van der Waals surface area contributed by atoms with E-state index in [0.717, 1.165) is 23.8 Å². The minimum Gasteiger partial charge on any atom is -0.299 e. The van der Waals surface area contributed by atoms with E-state index in [-0.39, 0.29) is 0 Å². The van der Waals surface area contributed by atoms with Gasteiger partial charge in [-0.2, -0.15) is 5.10 Å². The predicted molar refractivity (Wildman–Crippen MR) is 101 cm³/mol. The number of nitrogens with zero attached hydrogens (tertiary/aromatic N) is 3. The molecule has 1 aliphatic heterocycles. The second-order valence-corrected chi connectivity index (χ2v) is 7.67. The third kappa shape index (κ3) is 3.30. The van der Waals surface area contributed by atoms with Crippen molar-refractivity contribution in [1.29, 1.82) is 0 Å². The molecule has 0 radical (unpaired) electrons. The van der Waals surface area contributed by atoms with Crippen molar-refractivity contribution in [2.24, 2.45) is 5.92 Å². The van der Waals surface area contributed by atoms with Gasteiger partial charge in [0.1, 0.15) is 5.69 Å². The monoisotopic (exact) mass is 337 g/mol. The van der Waals surface area contributed by atoms with E-state index in [1.807, 2.05) is 10.7 Å². The van der Waals surface area contributed by atoms with Crippen LogP contribution in [0.5, 0.6) is 0 Å². The number of rotatable bonds is 4. The van der Waals surface area contributed by atoms with Gasteiger partial charge in [-0.1, -0.05) is 31.2 Å². The van der Waals surface area contributed by atoms with Gasteiger partial charge in [0.15, 0.2) is 0 Å². The molecule has 4 heteroatoms. The maximum atomic E-state index is 4.90. The molecule has 0 spiro atoms. The Morgan fingerprint density at radius 3 is 2.58 bits per heavy atom. The van der Waals surface area contributed by atoms with Gasteiger partial charge in [0.25, 0.3) is 0 Å². The zero-order chi connectivity index (χ0) is 16.4. The summed E-state index contributed by atoms with van der Waals surface area (Å²) in [7, 11) is 0. The van der Waals surface area contributed by atoms with Crippen molar-refractivity contribution in [3.05, 3.63) is 59.6 Å². The Kier molecular flexibility index (Phi) is 4.50. The van der Waals surface area contributed by atoms with E-state index in [1.165, 1.54) is 36.4 Å². The predicted octanol–water partition coefficient (Wildman–Crippen LogP) is 4.83. The lowest BCUT2D eigenvalue weighted by Crippen LogP contribution is -2.32. The molecule has 1 saturated heterocycles. The highest BCUT2D eigenvalue weighted by Gasteiger charge is 2.19. The summed E-state index contributed by atoms with van der Waals surface area (Å²) >= 11 is 1.77. The van der Waals surface area contributed by atoms with Crippen LogP contribution in [-0.2, 0) is 6.54 Å². The number of piperidine rings is 1. The molecule has 1 fully saturated rings. The number of benzene rings is 1. The Hall–Kier alpha value is -1.91. The molecule has 4 rings (SSSR count). The van der Waals surface area contributed by atoms with Crippen molar-refractivity contribution in [2.75, 3.05) is 13.1 Å². The number of thiophene rings is 1. The lowest BCUT2D eigenvalue weighted by Gasteiger charge is -2.29. The first-order valence-electron chi connectivity index (χ1n) is 8.70. The Morgan fingerprint density at radius 2 is 1.88 bits per heavy atom. The first-order valence-corrected chi connectivity index (χ1v) is 9.58. The van der Waals surface area contributed by atoms with Crippen molar-refractivity contribution in [1.82, 2.24) is 14.7 Å². The topological polar surface area (TPSA) is 21.1 Å². The molecule has 3 heterocycles. The molecule has 124 valence electrons. The molecule has 0 aliphatic carbocycles. The fourth-order valence-corrected chi connectivity index (χ4v) is 4.06. The van der Waals surface area contributed by atoms with Crippen molar-refractivity contribution in [2.45, 2.75) is 26.3 Å². The summed E-state index contributed by atoms with van der Waals surface area (Å²) < 4.78 is 2.02. The minimum atomic E-state index is 0.866. The highest BCUT2D eigenvalue weighted by atomic mass is 32.1. The van der Waals surface area contributed by atoms with Gasteiger partial charge in [0.05, 0.1) is 10.6 Å². The van der Waals surface area contributed by atoms with Crippen LogP contribution in [0.15, 0.2) is 54.0 Å². The highest BCUT2D eigenvalue weighted by Crippen LogP contribution is 2.29. The van der Waals surface area contributed by atoms with Crippen molar-refractivity contribution >= 4 is 11.3 Å². The largest absolute Gasteiger partial charge is 0.299 e. The average Bonchev–Trinajstić information content (AvgIpc) is 3.27. The zero-order valence-electron chi connectivity index (χ0n) is 14.1. The number of hydrogen-bond acceptors (Lipinski definition) is 3. The normalized spacial score (nSPS) is 16.5. The van der Waals surface area contributed by atoms with Crippen molar-refractivity contribution in [3.8, 4) is 16.3 Å². The molecule has 0 amide bonds. The van der Waals surface area contributed by atoms with Gasteiger partial charge in [0.2, 0.25) is 0 Å². The van der Waals surface area contributed by atoms with E-state index in [0.29, 0.717) is 0 Å². The van der Waals surface area contributed by atoms with E-state index in [2.05, 4.69) is 59.8 Å². The third-order valence-electron chi connectivity index (χ3n) is 4.84. The summed E-state index contributed by atoms with van der Waals surface area (Å²) in [5, 5.41) is 7.03. The molecule has 1 aliphatic rings. The van der Waals surface area contributed by atoms with Crippen molar-refractivity contribution in [3.63, 3.8) is 0 Å². The van der Waals surface area contributed by atoms with Crippen LogP contribution < -0.4 is 0 Å². The number of aromatic nitrogens is 2. The van der Waals surface area contributed by atoms with Crippen LogP contribution in [0.3, 0.4) is 0 Å². The Morgan fingerprint density at radius 1 is 1.08 bits per heavy atom. The van der Waals surface area contributed by atoms with Crippen LogP contribution in [0.1, 0.15) is 25.3 Å². The maximum absolute atomic E-state index is 4.90. The molecule has 24 heavy (non-hydrogen) atoms. The SMILES string of the molecule is CC1CCN(Cc2cn(-c3ccccc3)nc2-c2cccs2)CC1. The van der Waals surface area contributed by atoms with E-state index >= 15 is 0 Å². The Bertz CT molecular complexity index is 769. The summed E-state index contributed by atoms with van der Waals surface area (Å²) in [5.74, 6) is 0.866. The molecule has 0 unspecified atom stereocenters. The smallest absolute Gasteiger partial charge is 0.107 e. The van der Waals surface area contributed by atoms with Crippen LogP contribution >= 0.6 is 11.3 Å². The van der Waals surface area contributed by atoms with Gasteiger partial charge >= 0.3 is 0 Å². The molecular formula is C20H23N3S. The van der Waals surface area contributed by atoms with Crippen LogP contribution in [-0.4, -0.2) is 27.8 Å². The van der Waals surface area contributed by atoms with Crippen LogP contribution in [0.4, 0.5) is 0 Å². The van der Waals surface area contributed by atoms with E-state index < -0.39 is 0 Å². The van der Waals surface area contributed by atoms with Gasteiger partial charge in [0, 0.05) is 18.3 Å². The quantitative estimate of drug-likeness (QED) is 0.680. The zero-order valence-corrected chi connectivity index (χ0v) is 14.9. The Labute approximate surface area is 147 Å². The summed E-state index contributed by atoms with van der Waals surface area (Å²) in [6, 6.07) is 14.7. The lowest BCUT2D eigenvalue weighted by atomic mass is 9.99. The van der Waals surface area contributed by atoms with E-state index in [4.69, 9.17) is 5.10 Å². The first-order chi connectivity index (χ1) is 11.8.